The molecule has 18 heavy (non-hydrogen) atoms. The second-order valence-corrected chi connectivity index (χ2v) is 5.20. The van der Waals surface area contributed by atoms with E-state index in [-0.39, 0.29) is 12.1 Å². The molecule has 5 heteroatoms. The van der Waals surface area contributed by atoms with Crippen molar-refractivity contribution in [3.63, 3.8) is 0 Å². The molecule has 0 aromatic rings. The van der Waals surface area contributed by atoms with Crippen LogP contribution in [0.2, 0.25) is 0 Å². The zero-order valence-electron chi connectivity index (χ0n) is 11.3. The normalized spacial score (nSPS) is 21.7. The number of likely N-dealkylation sites (tertiary alicyclic amines) is 1. The molecule has 0 saturated carbocycles. The Morgan fingerprint density at radius 1 is 1.33 bits per heavy atom. The van der Waals surface area contributed by atoms with E-state index in [0.717, 1.165) is 58.4 Å². The van der Waals surface area contributed by atoms with Gasteiger partial charge >= 0.3 is 6.03 Å². The molecule has 2 aliphatic rings. The van der Waals surface area contributed by atoms with Crippen LogP contribution in [0.25, 0.3) is 0 Å². The van der Waals surface area contributed by atoms with E-state index in [2.05, 4.69) is 17.6 Å². The topological polar surface area (TPSA) is 53.6 Å². The number of hydrogen-bond acceptors (Lipinski definition) is 3. The smallest absolute Gasteiger partial charge is 0.317 e. The molecule has 2 saturated heterocycles. The minimum Gasteiger partial charge on any atom is -0.371 e. The fraction of sp³-hybridized carbons (Fsp3) is 0.923. The number of unbranched alkanes of at least 4 members (excludes halogenated alkanes) is 1. The number of amides is 2. The monoisotopic (exact) mass is 255 g/mol. The van der Waals surface area contributed by atoms with Gasteiger partial charge < -0.3 is 20.3 Å². The molecule has 2 heterocycles. The van der Waals surface area contributed by atoms with E-state index in [9.17, 15) is 4.79 Å². The molecule has 0 aromatic carbocycles. The van der Waals surface area contributed by atoms with Gasteiger partial charge in [0, 0.05) is 6.54 Å². The number of nitrogens with one attached hydrogen (secondary N) is 2. The molecule has 0 unspecified atom stereocenters. The number of nitrogens with zero attached hydrogens (tertiary/aromatic N) is 1. The van der Waals surface area contributed by atoms with Crippen LogP contribution in [0.4, 0.5) is 4.79 Å². The van der Waals surface area contributed by atoms with Gasteiger partial charge in [0.05, 0.1) is 25.3 Å². The van der Waals surface area contributed by atoms with Gasteiger partial charge in [0.25, 0.3) is 0 Å². The van der Waals surface area contributed by atoms with E-state index in [4.69, 9.17) is 4.74 Å². The van der Waals surface area contributed by atoms with Crippen LogP contribution in [-0.2, 0) is 4.74 Å². The maximum Gasteiger partial charge on any atom is 0.317 e. The summed E-state index contributed by atoms with van der Waals surface area (Å²) in [6, 6.07) is 0.0635. The van der Waals surface area contributed by atoms with Crippen molar-refractivity contribution in [3.05, 3.63) is 0 Å². The summed E-state index contributed by atoms with van der Waals surface area (Å²) in [5.41, 5.74) is 0. The average molecular weight is 255 g/mol. The van der Waals surface area contributed by atoms with E-state index in [1.165, 1.54) is 0 Å². The van der Waals surface area contributed by atoms with Crippen LogP contribution in [0.5, 0.6) is 0 Å². The van der Waals surface area contributed by atoms with Gasteiger partial charge in [0.1, 0.15) is 0 Å². The second-order valence-electron chi connectivity index (χ2n) is 5.20. The molecule has 2 fully saturated rings. The Hall–Kier alpha value is -0.810. The number of rotatable bonds is 5. The Morgan fingerprint density at radius 2 is 2.06 bits per heavy atom. The molecule has 2 rings (SSSR count). The van der Waals surface area contributed by atoms with Gasteiger partial charge in [-0.05, 0) is 32.4 Å². The van der Waals surface area contributed by atoms with Crippen molar-refractivity contribution >= 4 is 6.03 Å². The van der Waals surface area contributed by atoms with Gasteiger partial charge in [-0.3, -0.25) is 0 Å². The Morgan fingerprint density at radius 3 is 2.72 bits per heavy atom. The average Bonchev–Trinajstić information content (AvgIpc) is 2.34. The minimum atomic E-state index is 0.0635. The van der Waals surface area contributed by atoms with Crippen molar-refractivity contribution in [2.75, 3.05) is 32.7 Å². The van der Waals surface area contributed by atoms with Crippen molar-refractivity contribution in [1.82, 2.24) is 15.5 Å². The SMILES string of the molecule is CCCCNC(=O)N1CC(OC2CCNCC2)C1. The molecule has 0 atom stereocenters. The third-order valence-corrected chi connectivity index (χ3v) is 3.61. The zero-order valence-corrected chi connectivity index (χ0v) is 11.3. The van der Waals surface area contributed by atoms with Crippen molar-refractivity contribution in [1.29, 1.82) is 0 Å². The maximum atomic E-state index is 11.7. The number of carbonyl (C=O) groups excluding carboxylic acids is 1. The lowest BCUT2D eigenvalue weighted by molar-refractivity contribution is -0.0852. The van der Waals surface area contributed by atoms with Crippen LogP contribution in [-0.4, -0.2) is 55.9 Å². The predicted molar refractivity (Wildman–Crippen MR) is 70.6 cm³/mol. The fourth-order valence-corrected chi connectivity index (χ4v) is 2.38. The Labute approximate surface area is 109 Å². The van der Waals surface area contributed by atoms with Crippen LogP contribution in [0, 0.1) is 0 Å². The number of piperidine rings is 1. The Kier molecular flexibility index (Phi) is 5.26. The molecular weight excluding hydrogens is 230 g/mol. The summed E-state index contributed by atoms with van der Waals surface area (Å²) in [7, 11) is 0. The van der Waals surface area contributed by atoms with Crippen LogP contribution in [0.15, 0.2) is 0 Å². The lowest BCUT2D eigenvalue weighted by Crippen LogP contribution is -2.58. The fourth-order valence-electron chi connectivity index (χ4n) is 2.38. The van der Waals surface area contributed by atoms with E-state index < -0.39 is 0 Å². The van der Waals surface area contributed by atoms with Gasteiger partial charge in [-0.25, -0.2) is 4.79 Å². The van der Waals surface area contributed by atoms with Gasteiger partial charge in [0.15, 0.2) is 0 Å². The summed E-state index contributed by atoms with van der Waals surface area (Å²) < 4.78 is 5.97. The summed E-state index contributed by atoms with van der Waals surface area (Å²) in [6.07, 6.45) is 5.00. The summed E-state index contributed by atoms with van der Waals surface area (Å²) >= 11 is 0. The first-order chi connectivity index (χ1) is 8.79. The largest absolute Gasteiger partial charge is 0.371 e. The molecule has 2 aliphatic heterocycles. The molecule has 0 aromatic heterocycles. The van der Waals surface area contributed by atoms with Crippen molar-refractivity contribution in [2.24, 2.45) is 0 Å². The highest BCUT2D eigenvalue weighted by molar-refractivity contribution is 5.75. The van der Waals surface area contributed by atoms with E-state index >= 15 is 0 Å². The van der Waals surface area contributed by atoms with Gasteiger partial charge in [-0.2, -0.15) is 0 Å². The Bertz CT molecular complexity index is 261. The minimum absolute atomic E-state index is 0.0635. The molecule has 0 radical (unpaired) electrons. The van der Waals surface area contributed by atoms with Crippen LogP contribution in [0.3, 0.4) is 0 Å². The highest BCUT2D eigenvalue weighted by atomic mass is 16.5. The van der Waals surface area contributed by atoms with Crippen molar-refractivity contribution in [3.8, 4) is 0 Å². The predicted octanol–water partition coefficient (Wildman–Crippen LogP) is 0.949. The number of carbonyl (C=O) groups is 1. The van der Waals surface area contributed by atoms with Crippen molar-refractivity contribution in [2.45, 2.75) is 44.8 Å². The molecule has 2 amide bonds. The lowest BCUT2D eigenvalue weighted by atomic mass is 10.1. The van der Waals surface area contributed by atoms with Gasteiger partial charge in [-0.15, -0.1) is 0 Å². The van der Waals surface area contributed by atoms with Crippen LogP contribution < -0.4 is 10.6 Å². The third kappa shape index (κ3) is 3.85. The van der Waals surface area contributed by atoms with E-state index in [1.54, 1.807) is 0 Å². The number of urea groups is 1. The molecule has 5 nitrogen and oxygen atoms in total. The standard InChI is InChI=1S/C13H25N3O2/c1-2-3-6-15-13(17)16-9-12(10-16)18-11-4-7-14-8-5-11/h11-12,14H,2-10H2,1H3,(H,15,17). The third-order valence-electron chi connectivity index (χ3n) is 3.61. The maximum absolute atomic E-state index is 11.7. The zero-order chi connectivity index (χ0) is 12.8. The second kappa shape index (κ2) is 6.95. The molecule has 0 aliphatic carbocycles. The first-order valence-corrected chi connectivity index (χ1v) is 7.18. The highest BCUT2D eigenvalue weighted by Gasteiger charge is 2.33. The number of hydrogen-bond donors (Lipinski definition) is 2. The molecule has 0 bridgehead atoms. The van der Waals surface area contributed by atoms with Gasteiger partial charge in [0.2, 0.25) is 0 Å². The van der Waals surface area contributed by atoms with Crippen LogP contribution in [0.1, 0.15) is 32.6 Å². The molecule has 104 valence electrons. The van der Waals surface area contributed by atoms with E-state index in [1.807, 2.05) is 4.90 Å². The summed E-state index contributed by atoms with van der Waals surface area (Å²) in [4.78, 5) is 13.5. The first-order valence-electron chi connectivity index (χ1n) is 7.18. The molecule has 2 N–H and O–H groups in total. The summed E-state index contributed by atoms with van der Waals surface area (Å²) in [5.74, 6) is 0. The lowest BCUT2D eigenvalue weighted by Gasteiger charge is -2.41. The summed E-state index contributed by atoms with van der Waals surface area (Å²) in [5, 5.41) is 6.26. The molecular formula is C13H25N3O2. The van der Waals surface area contributed by atoms with E-state index in [0.29, 0.717) is 6.10 Å². The Balaban J connectivity index is 1.56. The number of ether oxygens (including phenoxy) is 1. The van der Waals surface area contributed by atoms with Crippen LogP contribution >= 0.6 is 0 Å². The highest BCUT2D eigenvalue weighted by Crippen LogP contribution is 2.17. The van der Waals surface area contributed by atoms with Crippen molar-refractivity contribution < 1.29 is 9.53 Å². The summed E-state index contributed by atoms with van der Waals surface area (Å²) in [6.45, 7) is 6.52. The molecule has 0 spiro atoms. The quantitative estimate of drug-likeness (QED) is 0.719. The first kappa shape index (κ1) is 13.6. The van der Waals surface area contributed by atoms with Gasteiger partial charge in [-0.1, -0.05) is 13.3 Å².